The van der Waals surface area contributed by atoms with Gasteiger partial charge in [0.25, 0.3) is 0 Å². The molecule has 5 heteroatoms. The van der Waals surface area contributed by atoms with Crippen molar-refractivity contribution in [2.45, 2.75) is 56.8 Å². The zero-order chi connectivity index (χ0) is 15.0. The van der Waals surface area contributed by atoms with E-state index in [0.29, 0.717) is 0 Å². The van der Waals surface area contributed by atoms with Gasteiger partial charge in [0.2, 0.25) is 5.91 Å². The lowest BCUT2D eigenvalue weighted by molar-refractivity contribution is -0.121. The van der Waals surface area contributed by atoms with Crippen molar-refractivity contribution in [1.29, 1.82) is 0 Å². The number of thiophene rings is 1. The molecule has 0 bridgehead atoms. The van der Waals surface area contributed by atoms with Crippen molar-refractivity contribution in [3.05, 3.63) is 33.0 Å². The Bertz CT molecular complexity index is 645. The Balaban J connectivity index is 1.59. The molecule has 0 aliphatic heterocycles. The summed E-state index contributed by atoms with van der Waals surface area (Å²) in [6.07, 6.45) is 8.87. The van der Waals surface area contributed by atoms with Crippen LogP contribution in [-0.2, 0) is 23.1 Å². The van der Waals surface area contributed by atoms with Gasteiger partial charge in [0.05, 0.1) is 11.1 Å². The second-order valence-corrected chi connectivity index (χ2v) is 8.35. The molecule has 22 heavy (non-hydrogen) atoms. The van der Waals surface area contributed by atoms with Crippen molar-refractivity contribution >= 4 is 33.7 Å². The highest BCUT2D eigenvalue weighted by Crippen LogP contribution is 2.44. The first-order valence-electron chi connectivity index (χ1n) is 8.12. The summed E-state index contributed by atoms with van der Waals surface area (Å²) in [5.74, 6) is 0.151. The predicted molar refractivity (Wildman–Crippen MR) is 91.9 cm³/mol. The molecular weight excluding hydrogens is 312 g/mol. The van der Waals surface area contributed by atoms with Gasteiger partial charge in [-0.1, -0.05) is 18.9 Å². The van der Waals surface area contributed by atoms with Crippen molar-refractivity contribution in [2.75, 3.05) is 5.32 Å². The number of carbonyl (C=O) groups excluding carboxylic acids is 1. The van der Waals surface area contributed by atoms with Crippen molar-refractivity contribution in [2.24, 2.45) is 0 Å². The largest absolute Gasteiger partial charge is 0.301 e. The molecular formula is C17H20N2OS2. The van der Waals surface area contributed by atoms with Gasteiger partial charge < -0.3 is 5.32 Å². The number of nitrogens with zero attached hydrogens (tertiary/aromatic N) is 1. The summed E-state index contributed by atoms with van der Waals surface area (Å²) >= 11 is 3.39. The molecule has 3 nitrogen and oxygen atoms in total. The molecule has 1 fully saturated rings. The summed E-state index contributed by atoms with van der Waals surface area (Å²) in [5.41, 5.74) is 0.892. The predicted octanol–water partition coefficient (Wildman–Crippen LogP) is 4.53. The van der Waals surface area contributed by atoms with Gasteiger partial charge in [0.1, 0.15) is 0 Å². The minimum atomic E-state index is -0.319. The quantitative estimate of drug-likeness (QED) is 0.897. The average molecular weight is 332 g/mol. The summed E-state index contributed by atoms with van der Waals surface area (Å²) in [6, 6.07) is 4.16. The number of anilines is 1. The third-order valence-electron chi connectivity index (χ3n) is 4.95. The van der Waals surface area contributed by atoms with E-state index in [9.17, 15) is 4.79 Å². The Morgan fingerprint density at radius 3 is 2.73 bits per heavy atom. The molecule has 2 aromatic rings. The molecule has 0 radical (unpaired) electrons. The molecule has 1 amide bonds. The first-order chi connectivity index (χ1) is 10.8. The Hall–Kier alpha value is -1.20. The molecule has 1 saturated carbocycles. The van der Waals surface area contributed by atoms with Crippen LogP contribution in [0.1, 0.15) is 54.0 Å². The van der Waals surface area contributed by atoms with Crippen molar-refractivity contribution in [3.63, 3.8) is 0 Å². The van der Waals surface area contributed by atoms with Gasteiger partial charge in [-0.3, -0.25) is 4.79 Å². The van der Waals surface area contributed by atoms with Crippen LogP contribution in [0.2, 0.25) is 0 Å². The van der Waals surface area contributed by atoms with E-state index in [1.165, 1.54) is 28.3 Å². The van der Waals surface area contributed by atoms with E-state index in [2.05, 4.69) is 27.8 Å². The number of nitrogens with one attached hydrogen (secondary N) is 1. The lowest BCUT2D eigenvalue weighted by atomic mass is 9.83. The van der Waals surface area contributed by atoms with Crippen molar-refractivity contribution < 1.29 is 4.79 Å². The SMILES string of the molecule is O=C(Nc1nc2c(s1)CCCC2)C1(c2cccs2)CCCC1. The van der Waals surface area contributed by atoms with Crippen LogP contribution >= 0.6 is 22.7 Å². The minimum Gasteiger partial charge on any atom is -0.301 e. The first-order valence-corrected chi connectivity index (χ1v) is 9.82. The van der Waals surface area contributed by atoms with E-state index < -0.39 is 0 Å². The van der Waals surface area contributed by atoms with Crippen LogP contribution in [0, 0.1) is 0 Å². The molecule has 2 aliphatic rings. The fraction of sp³-hybridized carbons (Fsp3) is 0.529. The van der Waals surface area contributed by atoms with Crippen molar-refractivity contribution in [1.82, 2.24) is 4.98 Å². The molecule has 1 N–H and O–H groups in total. The normalized spacial score (nSPS) is 19.8. The van der Waals surface area contributed by atoms with E-state index in [4.69, 9.17) is 0 Å². The highest BCUT2D eigenvalue weighted by molar-refractivity contribution is 7.16. The van der Waals surface area contributed by atoms with Crippen molar-refractivity contribution in [3.8, 4) is 0 Å². The molecule has 4 rings (SSSR count). The Kier molecular flexibility index (Phi) is 3.78. The zero-order valence-corrected chi connectivity index (χ0v) is 14.2. The number of aromatic nitrogens is 1. The third-order valence-corrected chi connectivity index (χ3v) is 7.10. The number of fused-ring (bicyclic) bond motifs is 1. The van der Waals surface area contributed by atoms with E-state index in [0.717, 1.165) is 43.7 Å². The van der Waals surface area contributed by atoms with Gasteiger partial charge in [-0.05, 0) is 50.0 Å². The van der Waals surface area contributed by atoms with E-state index in [-0.39, 0.29) is 11.3 Å². The smallest absolute Gasteiger partial charge is 0.237 e. The number of carbonyl (C=O) groups is 1. The van der Waals surface area contributed by atoms with Gasteiger partial charge in [-0.25, -0.2) is 4.98 Å². The molecule has 0 atom stereocenters. The summed E-state index contributed by atoms with van der Waals surface area (Å²) in [6.45, 7) is 0. The second-order valence-electron chi connectivity index (χ2n) is 6.32. The maximum Gasteiger partial charge on any atom is 0.237 e. The van der Waals surface area contributed by atoms with E-state index in [1.54, 1.807) is 22.7 Å². The lowest BCUT2D eigenvalue weighted by Gasteiger charge is -2.25. The van der Waals surface area contributed by atoms with Crippen LogP contribution in [-0.4, -0.2) is 10.9 Å². The maximum atomic E-state index is 13.0. The van der Waals surface area contributed by atoms with Gasteiger partial charge in [0, 0.05) is 9.75 Å². The Morgan fingerprint density at radius 1 is 1.18 bits per heavy atom. The molecule has 2 aromatic heterocycles. The van der Waals surface area contributed by atoms with Crippen LogP contribution in [0.4, 0.5) is 5.13 Å². The van der Waals surface area contributed by atoms with Crippen LogP contribution in [0.15, 0.2) is 17.5 Å². The number of aryl methyl sites for hydroxylation is 2. The Morgan fingerprint density at radius 2 is 2.00 bits per heavy atom. The van der Waals surface area contributed by atoms with Gasteiger partial charge in [0.15, 0.2) is 5.13 Å². The standard InChI is InChI=1S/C17H20N2OS2/c20-15(17(9-3-4-10-17)14-8-5-11-21-14)19-16-18-12-6-1-2-7-13(12)22-16/h5,8,11H,1-4,6-7,9-10H2,(H,18,19,20). The molecule has 0 unspecified atom stereocenters. The number of thiazole rings is 1. The molecule has 0 spiro atoms. The average Bonchev–Trinajstić information content (AvgIpc) is 3.26. The van der Waals surface area contributed by atoms with Crippen LogP contribution in [0.25, 0.3) is 0 Å². The zero-order valence-electron chi connectivity index (χ0n) is 12.6. The monoisotopic (exact) mass is 332 g/mol. The molecule has 2 heterocycles. The van der Waals surface area contributed by atoms with E-state index >= 15 is 0 Å². The van der Waals surface area contributed by atoms with E-state index in [1.807, 2.05) is 0 Å². The van der Waals surface area contributed by atoms with Crippen LogP contribution in [0.5, 0.6) is 0 Å². The third kappa shape index (κ3) is 2.40. The number of rotatable bonds is 3. The summed E-state index contributed by atoms with van der Waals surface area (Å²) in [5, 5.41) is 6.02. The van der Waals surface area contributed by atoms with Crippen LogP contribution < -0.4 is 5.32 Å². The minimum absolute atomic E-state index is 0.151. The second kappa shape index (κ2) is 5.78. The lowest BCUT2D eigenvalue weighted by Crippen LogP contribution is -2.37. The number of amides is 1. The summed E-state index contributed by atoms with van der Waals surface area (Å²) in [7, 11) is 0. The summed E-state index contributed by atoms with van der Waals surface area (Å²) < 4.78 is 0. The molecule has 0 aromatic carbocycles. The first kappa shape index (κ1) is 14.4. The Labute approximate surface area is 138 Å². The molecule has 116 valence electrons. The highest BCUT2D eigenvalue weighted by Gasteiger charge is 2.43. The molecule has 2 aliphatic carbocycles. The van der Waals surface area contributed by atoms with Gasteiger partial charge in [-0.2, -0.15) is 0 Å². The number of hydrogen-bond acceptors (Lipinski definition) is 4. The summed E-state index contributed by atoms with van der Waals surface area (Å²) in [4.78, 5) is 20.3. The maximum absolute atomic E-state index is 13.0. The topological polar surface area (TPSA) is 42.0 Å². The van der Waals surface area contributed by atoms with Gasteiger partial charge in [-0.15, -0.1) is 22.7 Å². The number of hydrogen-bond donors (Lipinski definition) is 1. The fourth-order valence-electron chi connectivity index (χ4n) is 3.74. The fourth-order valence-corrected chi connectivity index (χ4v) is 5.77. The highest BCUT2D eigenvalue weighted by atomic mass is 32.1. The van der Waals surface area contributed by atoms with Crippen LogP contribution in [0.3, 0.4) is 0 Å². The van der Waals surface area contributed by atoms with Gasteiger partial charge >= 0.3 is 0 Å². The molecule has 0 saturated heterocycles.